The maximum absolute atomic E-state index is 12.9. The Hall–Kier alpha value is -3.72. The van der Waals surface area contributed by atoms with E-state index in [4.69, 9.17) is 0 Å². The fraction of sp³-hybridized carbons (Fsp3) is 0.217. The predicted molar refractivity (Wildman–Crippen MR) is 127 cm³/mol. The quantitative estimate of drug-likeness (QED) is 0.518. The molecule has 0 bridgehead atoms. The van der Waals surface area contributed by atoms with E-state index in [-0.39, 0.29) is 11.8 Å². The number of hydrogen-bond donors (Lipinski definition) is 0. The molecule has 1 atom stereocenters. The number of carbonyl (C=O) groups is 2. The number of nitrogens with zero attached hydrogens (tertiary/aromatic N) is 6. The van der Waals surface area contributed by atoms with Crippen molar-refractivity contribution in [3.8, 4) is 11.3 Å². The van der Waals surface area contributed by atoms with Crippen LogP contribution in [0.25, 0.3) is 11.3 Å². The lowest BCUT2D eigenvalue weighted by Gasteiger charge is -2.14. The van der Waals surface area contributed by atoms with E-state index < -0.39 is 6.04 Å². The second-order valence-electron chi connectivity index (χ2n) is 7.49. The molecule has 0 radical (unpaired) electrons. The van der Waals surface area contributed by atoms with E-state index in [0.29, 0.717) is 16.5 Å². The highest BCUT2D eigenvalue weighted by atomic mass is 32.1. The third-order valence-corrected chi connectivity index (χ3v) is 5.93. The molecule has 0 aliphatic carbocycles. The average Bonchev–Trinajstić information content (AvgIpc) is 3.37. The molecule has 1 aliphatic rings. The number of azo groups is 1. The van der Waals surface area contributed by atoms with Crippen LogP contribution >= 0.6 is 11.3 Å². The first-order chi connectivity index (χ1) is 15.3. The summed E-state index contributed by atoms with van der Waals surface area (Å²) >= 11 is 1.36. The van der Waals surface area contributed by atoms with Crippen LogP contribution in [-0.4, -0.2) is 35.6 Å². The molecule has 0 spiro atoms. The summed E-state index contributed by atoms with van der Waals surface area (Å²) in [5.41, 5.74) is 4.85. The van der Waals surface area contributed by atoms with Gasteiger partial charge >= 0.3 is 0 Å². The molecule has 2 aromatic carbocycles. The molecule has 4 rings (SSSR count). The van der Waals surface area contributed by atoms with Gasteiger partial charge in [-0.2, -0.15) is 20.3 Å². The Morgan fingerprint density at radius 1 is 1.09 bits per heavy atom. The van der Waals surface area contributed by atoms with Crippen LogP contribution < -0.4 is 9.91 Å². The van der Waals surface area contributed by atoms with Gasteiger partial charge in [0.15, 0.2) is 6.04 Å². The molecule has 0 fully saturated rings. The van der Waals surface area contributed by atoms with Crippen LogP contribution in [0.4, 0.5) is 16.5 Å². The molecule has 1 aromatic heterocycles. The summed E-state index contributed by atoms with van der Waals surface area (Å²) in [7, 11) is 1.70. The van der Waals surface area contributed by atoms with Crippen molar-refractivity contribution in [1.82, 2.24) is 4.98 Å². The zero-order valence-corrected chi connectivity index (χ0v) is 19.0. The van der Waals surface area contributed by atoms with Crippen molar-refractivity contribution in [3.63, 3.8) is 0 Å². The van der Waals surface area contributed by atoms with Gasteiger partial charge in [0.1, 0.15) is 0 Å². The number of carbonyl (C=O) groups excluding carboxylic acids is 2. The number of aryl methyl sites for hydroxylation is 1. The van der Waals surface area contributed by atoms with Crippen molar-refractivity contribution in [2.24, 2.45) is 15.3 Å². The molecule has 3 aromatic rings. The van der Waals surface area contributed by atoms with Crippen LogP contribution in [0, 0.1) is 6.92 Å². The number of rotatable bonds is 5. The van der Waals surface area contributed by atoms with E-state index >= 15 is 0 Å². The van der Waals surface area contributed by atoms with E-state index in [2.05, 4.69) is 20.3 Å². The minimum Gasteiger partial charge on any atom is -0.316 e. The van der Waals surface area contributed by atoms with Gasteiger partial charge in [-0.25, -0.2) is 4.98 Å². The minimum absolute atomic E-state index is 0.0596. The monoisotopic (exact) mass is 446 g/mol. The largest absolute Gasteiger partial charge is 0.316 e. The smallest absolute Gasteiger partial charge is 0.282 e. The van der Waals surface area contributed by atoms with Gasteiger partial charge in [-0.1, -0.05) is 29.8 Å². The average molecular weight is 447 g/mol. The van der Waals surface area contributed by atoms with E-state index in [0.717, 1.165) is 16.9 Å². The van der Waals surface area contributed by atoms with Crippen molar-refractivity contribution in [2.45, 2.75) is 26.8 Å². The summed E-state index contributed by atoms with van der Waals surface area (Å²) in [4.78, 5) is 30.5. The topological polar surface area (TPSA) is 90.6 Å². The number of hydrogen-bond acceptors (Lipinski definition) is 7. The van der Waals surface area contributed by atoms with E-state index in [1.165, 1.54) is 33.7 Å². The van der Waals surface area contributed by atoms with E-state index in [1.807, 2.05) is 36.6 Å². The van der Waals surface area contributed by atoms with Crippen LogP contribution in [0.5, 0.6) is 0 Å². The van der Waals surface area contributed by atoms with Crippen LogP contribution in [0.15, 0.2) is 69.2 Å². The van der Waals surface area contributed by atoms with Crippen LogP contribution in [0.1, 0.15) is 19.4 Å². The lowest BCUT2D eigenvalue weighted by Crippen LogP contribution is -2.29. The normalized spacial score (nSPS) is 16.0. The van der Waals surface area contributed by atoms with Gasteiger partial charge in [0, 0.05) is 30.6 Å². The Morgan fingerprint density at radius 2 is 1.78 bits per heavy atom. The summed E-state index contributed by atoms with van der Waals surface area (Å²) < 4.78 is 0. The van der Waals surface area contributed by atoms with Crippen molar-refractivity contribution in [3.05, 3.63) is 59.5 Å². The Bertz CT molecular complexity index is 1210. The van der Waals surface area contributed by atoms with Gasteiger partial charge in [0.2, 0.25) is 11.0 Å². The standard InChI is InChI=1S/C23H22N6O2S/c1-14-5-7-17(8-6-14)20-13-32-23(24-20)29-22(31)21(15(2)27-29)26-25-18-9-11-19(12-10-18)28(4)16(3)30/h5-13,21H,1-4H3/t21-/m0/s1. The molecule has 0 saturated carbocycles. The summed E-state index contributed by atoms with van der Waals surface area (Å²) in [6.45, 7) is 5.28. The highest BCUT2D eigenvalue weighted by molar-refractivity contribution is 7.14. The number of amides is 2. The van der Waals surface area contributed by atoms with Crippen molar-refractivity contribution >= 4 is 45.4 Å². The van der Waals surface area contributed by atoms with Gasteiger partial charge in [0.25, 0.3) is 5.91 Å². The molecule has 0 N–H and O–H groups in total. The summed E-state index contributed by atoms with van der Waals surface area (Å²) in [6, 6.07) is 14.3. The van der Waals surface area contributed by atoms with Gasteiger partial charge in [-0.15, -0.1) is 11.3 Å². The minimum atomic E-state index is -0.790. The molecular weight excluding hydrogens is 424 g/mol. The van der Waals surface area contributed by atoms with Gasteiger partial charge < -0.3 is 4.90 Å². The Balaban J connectivity index is 1.48. The maximum Gasteiger partial charge on any atom is 0.282 e. The number of hydrazone groups is 1. The zero-order valence-electron chi connectivity index (χ0n) is 18.2. The predicted octanol–water partition coefficient (Wildman–Crippen LogP) is 4.98. The highest BCUT2D eigenvalue weighted by Gasteiger charge is 2.36. The number of anilines is 2. The lowest BCUT2D eigenvalue weighted by molar-refractivity contribution is -0.118. The molecular formula is C23H22N6O2S. The second-order valence-corrected chi connectivity index (χ2v) is 8.32. The molecule has 8 nitrogen and oxygen atoms in total. The third-order valence-electron chi connectivity index (χ3n) is 5.11. The number of thiazole rings is 1. The second kappa shape index (κ2) is 8.80. The molecule has 0 saturated heterocycles. The number of benzene rings is 2. The number of aromatic nitrogens is 1. The van der Waals surface area contributed by atoms with Crippen molar-refractivity contribution in [2.75, 3.05) is 17.0 Å². The molecule has 1 aliphatic heterocycles. The van der Waals surface area contributed by atoms with Gasteiger partial charge in [-0.3, -0.25) is 9.59 Å². The summed E-state index contributed by atoms with van der Waals surface area (Å²) in [5, 5.41) is 16.5. The van der Waals surface area contributed by atoms with Gasteiger partial charge in [0.05, 0.1) is 17.1 Å². The zero-order chi connectivity index (χ0) is 22.8. The SMILES string of the molecule is CC(=O)N(C)c1ccc(N=N[C@@H]2C(=O)N(c3nc(-c4ccc(C)cc4)cs3)N=C2C)cc1. The molecule has 2 amide bonds. The molecule has 9 heteroatoms. The summed E-state index contributed by atoms with van der Waals surface area (Å²) in [5.74, 6) is -0.348. The fourth-order valence-corrected chi connectivity index (χ4v) is 3.88. The first-order valence-electron chi connectivity index (χ1n) is 10.0. The molecule has 162 valence electrons. The molecule has 0 unspecified atom stereocenters. The van der Waals surface area contributed by atoms with Crippen LogP contribution in [-0.2, 0) is 9.59 Å². The van der Waals surface area contributed by atoms with Crippen LogP contribution in [0.3, 0.4) is 0 Å². The van der Waals surface area contributed by atoms with Crippen molar-refractivity contribution < 1.29 is 9.59 Å². The third kappa shape index (κ3) is 4.33. The van der Waals surface area contributed by atoms with Gasteiger partial charge in [-0.05, 0) is 38.1 Å². The Morgan fingerprint density at radius 3 is 2.44 bits per heavy atom. The maximum atomic E-state index is 12.9. The molecule has 2 heterocycles. The first-order valence-corrected chi connectivity index (χ1v) is 10.9. The Labute approximate surface area is 189 Å². The molecule has 32 heavy (non-hydrogen) atoms. The summed E-state index contributed by atoms with van der Waals surface area (Å²) in [6.07, 6.45) is 0. The lowest BCUT2D eigenvalue weighted by atomic mass is 10.1. The fourth-order valence-electron chi connectivity index (χ4n) is 3.09. The Kier molecular flexibility index (Phi) is 5.91. The van der Waals surface area contributed by atoms with E-state index in [1.54, 1.807) is 38.2 Å². The van der Waals surface area contributed by atoms with E-state index in [9.17, 15) is 9.59 Å². The van der Waals surface area contributed by atoms with Crippen molar-refractivity contribution in [1.29, 1.82) is 0 Å². The van der Waals surface area contributed by atoms with Crippen LogP contribution in [0.2, 0.25) is 0 Å². The first kappa shape index (κ1) is 21.5. The highest BCUT2D eigenvalue weighted by Crippen LogP contribution is 2.31.